The topological polar surface area (TPSA) is 17.1 Å². The first kappa shape index (κ1) is 15.1. The molecule has 2 unspecified atom stereocenters. The molecule has 1 aromatic carbocycles. The summed E-state index contributed by atoms with van der Waals surface area (Å²) >= 11 is 0. The van der Waals surface area contributed by atoms with Crippen molar-refractivity contribution in [1.82, 2.24) is 0 Å². The molecule has 0 bridgehead atoms. The Hall–Kier alpha value is -2.25. The van der Waals surface area contributed by atoms with Gasteiger partial charge in [0, 0.05) is 18.4 Å². The lowest BCUT2D eigenvalue weighted by molar-refractivity contribution is -0.118. The fraction of sp³-hybridized carbons (Fsp3) is 0.350. The minimum Gasteiger partial charge on any atom is -0.299 e. The Labute approximate surface area is 127 Å². The highest BCUT2D eigenvalue weighted by Gasteiger charge is 2.38. The molecule has 1 aliphatic rings. The van der Waals surface area contributed by atoms with Crippen LogP contribution in [0.5, 0.6) is 0 Å². The van der Waals surface area contributed by atoms with Crippen LogP contribution in [0.25, 0.3) is 0 Å². The third kappa shape index (κ3) is 2.79. The van der Waals surface area contributed by atoms with Gasteiger partial charge in [-0.3, -0.25) is 4.79 Å². The van der Waals surface area contributed by atoms with E-state index >= 15 is 0 Å². The summed E-state index contributed by atoms with van der Waals surface area (Å²) in [7, 11) is 0. The number of rotatable bonds is 2. The zero-order chi connectivity index (χ0) is 15.6. The number of carbonyl (C=O) groups excluding carboxylic acids is 1. The maximum atomic E-state index is 12.4. The molecule has 21 heavy (non-hydrogen) atoms. The van der Waals surface area contributed by atoms with Gasteiger partial charge < -0.3 is 0 Å². The largest absolute Gasteiger partial charge is 0.299 e. The summed E-state index contributed by atoms with van der Waals surface area (Å²) in [4.78, 5) is 12.4. The van der Waals surface area contributed by atoms with Crippen LogP contribution in [-0.2, 0) is 4.79 Å². The van der Waals surface area contributed by atoms with Gasteiger partial charge in [0.1, 0.15) is 5.78 Å². The lowest BCUT2D eigenvalue weighted by Gasteiger charge is -2.18. The second-order valence-electron chi connectivity index (χ2n) is 5.68. The van der Waals surface area contributed by atoms with E-state index in [-0.39, 0.29) is 17.6 Å². The molecule has 0 aromatic heterocycles. The first-order valence-corrected chi connectivity index (χ1v) is 7.18. The molecule has 106 valence electrons. The smallest absolute Gasteiger partial charge is 0.145 e. The molecule has 2 atom stereocenters. The van der Waals surface area contributed by atoms with Crippen LogP contribution in [0.4, 0.5) is 0 Å². The molecule has 0 spiro atoms. The van der Waals surface area contributed by atoms with Crippen LogP contribution in [0, 0.1) is 44.0 Å². The third-order valence-electron chi connectivity index (χ3n) is 4.18. The normalized spacial score (nSPS) is 20.9. The van der Waals surface area contributed by atoms with Gasteiger partial charge >= 0.3 is 0 Å². The highest BCUT2D eigenvalue weighted by Crippen LogP contribution is 2.43. The average molecular weight is 276 g/mol. The van der Waals surface area contributed by atoms with Crippen molar-refractivity contribution in [2.75, 3.05) is 0 Å². The second-order valence-corrected chi connectivity index (χ2v) is 5.68. The molecule has 1 aliphatic carbocycles. The van der Waals surface area contributed by atoms with Gasteiger partial charge in [0.15, 0.2) is 0 Å². The molecule has 1 aromatic rings. The molecule has 0 amide bonds. The van der Waals surface area contributed by atoms with Crippen LogP contribution in [0.1, 0.15) is 47.9 Å². The van der Waals surface area contributed by atoms with Crippen molar-refractivity contribution in [3.05, 3.63) is 46.5 Å². The third-order valence-corrected chi connectivity index (χ3v) is 4.18. The molecule has 1 fully saturated rings. The Balaban J connectivity index is 2.47. The Bertz CT molecular complexity index is 681. The van der Waals surface area contributed by atoms with Crippen molar-refractivity contribution in [2.24, 2.45) is 5.92 Å². The van der Waals surface area contributed by atoms with Crippen molar-refractivity contribution in [2.45, 2.75) is 39.5 Å². The van der Waals surface area contributed by atoms with Crippen LogP contribution in [0.2, 0.25) is 0 Å². The molecule has 2 rings (SSSR count). The summed E-state index contributed by atoms with van der Waals surface area (Å²) in [5.41, 5.74) is 5.26. The summed E-state index contributed by atoms with van der Waals surface area (Å²) in [6.45, 7) is 10.1. The van der Waals surface area contributed by atoms with E-state index in [4.69, 9.17) is 6.42 Å². The molecule has 0 radical (unpaired) electrons. The van der Waals surface area contributed by atoms with E-state index in [0.29, 0.717) is 12.8 Å². The first-order valence-electron chi connectivity index (χ1n) is 7.18. The zero-order valence-electron chi connectivity index (χ0n) is 12.9. The number of terminal acetylenes is 1. The van der Waals surface area contributed by atoms with Gasteiger partial charge in [-0.2, -0.15) is 0 Å². The summed E-state index contributed by atoms with van der Waals surface area (Å²) in [6.07, 6.45) is 6.51. The Morgan fingerprint density at radius 1 is 1.33 bits per heavy atom. The number of carbonyl (C=O) groups is 1. The van der Waals surface area contributed by atoms with Crippen molar-refractivity contribution < 1.29 is 4.79 Å². The lowest BCUT2D eigenvalue weighted by atomic mass is 9.84. The molecular formula is C20H20O. The standard InChI is InChI=1S/C20H20O/c1-6-8-16-10-13(3)19(14(4)11-16)20-15(5)17(9-7-2)12-18(20)21/h2,10-11,17,20H,5,9,12H2,1,3-4H3. The van der Waals surface area contributed by atoms with E-state index in [1.165, 1.54) is 0 Å². The van der Waals surface area contributed by atoms with Crippen LogP contribution in [0.15, 0.2) is 24.3 Å². The molecule has 1 heteroatoms. The Morgan fingerprint density at radius 3 is 2.48 bits per heavy atom. The summed E-state index contributed by atoms with van der Waals surface area (Å²) in [6, 6.07) is 4.10. The molecule has 0 N–H and O–H groups in total. The summed E-state index contributed by atoms with van der Waals surface area (Å²) in [5, 5.41) is 0. The predicted octanol–water partition coefficient (Wildman–Crippen LogP) is 3.93. The molecule has 0 saturated heterocycles. The lowest BCUT2D eigenvalue weighted by Crippen LogP contribution is -2.10. The van der Waals surface area contributed by atoms with Gasteiger partial charge in [0.25, 0.3) is 0 Å². The molecule has 0 aliphatic heterocycles. The van der Waals surface area contributed by atoms with Crippen LogP contribution >= 0.6 is 0 Å². The zero-order valence-corrected chi connectivity index (χ0v) is 12.9. The molecule has 1 nitrogen and oxygen atoms in total. The number of Topliss-reactive ketones (excluding diaryl/α,β-unsaturated/α-hetero) is 1. The SMILES string of the molecule is C#CCC1CC(=O)C(c2c(C)cc(C#CC)cc2C)C1=C. The van der Waals surface area contributed by atoms with Gasteiger partial charge in [-0.1, -0.05) is 18.1 Å². The average Bonchev–Trinajstić information content (AvgIpc) is 2.67. The first-order chi connectivity index (χ1) is 9.99. The summed E-state index contributed by atoms with van der Waals surface area (Å²) in [5.74, 6) is 8.80. The van der Waals surface area contributed by atoms with Gasteiger partial charge in [0.05, 0.1) is 5.92 Å². The number of hydrogen-bond acceptors (Lipinski definition) is 1. The van der Waals surface area contributed by atoms with Crippen LogP contribution in [0.3, 0.4) is 0 Å². The number of hydrogen-bond donors (Lipinski definition) is 0. The molecular weight excluding hydrogens is 256 g/mol. The van der Waals surface area contributed by atoms with Gasteiger partial charge in [-0.25, -0.2) is 0 Å². The quantitative estimate of drug-likeness (QED) is 0.591. The molecule has 1 saturated carbocycles. The number of benzene rings is 1. The molecule has 0 heterocycles. The Kier molecular flexibility index (Phi) is 4.35. The van der Waals surface area contributed by atoms with Crippen molar-refractivity contribution in [1.29, 1.82) is 0 Å². The van der Waals surface area contributed by atoms with E-state index in [1.807, 2.05) is 32.9 Å². The van der Waals surface area contributed by atoms with E-state index < -0.39 is 0 Å². The number of aryl methyl sites for hydroxylation is 2. The minimum absolute atomic E-state index is 0.126. The predicted molar refractivity (Wildman–Crippen MR) is 86.9 cm³/mol. The van der Waals surface area contributed by atoms with E-state index in [1.54, 1.807) is 0 Å². The van der Waals surface area contributed by atoms with Crippen molar-refractivity contribution >= 4 is 5.78 Å². The van der Waals surface area contributed by atoms with E-state index in [0.717, 1.165) is 27.8 Å². The fourth-order valence-corrected chi connectivity index (χ4v) is 3.27. The monoisotopic (exact) mass is 276 g/mol. The number of allylic oxidation sites excluding steroid dienone is 1. The summed E-state index contributed by atoms with van der Waals surface area (Å²) < 4.78 is 0. The van der Waals surface area contributed by atoms with Crippen LogP contribution < -0.4 is 0 Å². The Morgan fingerprint density at radius 2 is 1.95 bits per heavy atom. The maximum Gasteiger partial charge on any atom is 0.145 e. The van der Waals surface area contributed by atoms with Gasteiger partial charge in [-0.05, 0) is 55.5 Å². The van der Waals surface area contributed by atoms with Gasteiger partial charge in [0.2, 0.25) is 0 Å². The van der Waals surface area contributed by atoms with Crippen molar-refractivity contribution in [3.63, 3.8) is 0 Å². The number of ketones is 1. The maximum absolute atomic E-state index is 12.4. The van der Waals surface area contributed by atoms with Gasteiger partial charge in [-0.15, -0.1) is 18.3 Å². The van der Waals surface area contributed by atoms with E-state index in [9.17, 15) is 4.79 Å². The minimum atomic E-state index is -0.202. The fourth-order valence-electron chi connectivity index (χ4n) is 3.27. The highest BCUT2D eigenvalue weighted by atomic mass is 16.1. The second kappa shape index (κ2) is 6.02. The van der Waals surface area contributed by atoms with E-state index in [2.05, 4.69) is 24.3 Å². The van der Waals surface area contributed by atoms with Crippen molar-refractivity contribution in [3.8, 4) is 24.2 Å². The van der Waals surface area contributed by atoms with Crippen LogP contribution in [-0.4, -0.2) is 5.78 Å². The highest BCUT2D eigenvalue weighted by molar-refractivity contribution is 5.93.